The second kappa shape index (κ2) is 8.71. The Bertz CT molecular complexity index is 1140. The Morgan fingerprint density at radius 2 is 1.69 bits per heavy atom. The molecule has 1 aliphatic heterocycles. The van der Waals surface area contributed by atoms with Gasteiger partial charge in [0.2, 0.25) is 5.82 Å². The molecule has 0 atom stereocenters. The number of amides is 1. The molecular formula is C22H25N5O4S. The lowest BCUT2D eigenvalue weighted by Gasteiger charge is -2.30. The number of aromatic hydroxyl groups is 2. The predicted molar refractivity (Wildman–Crippen MR) is 123 cm³/mol. The molecule has 0 bridgehead atoms. The number of anilines is 1. The van der Waals surface area contributed by atoms with Crippen LogP contribution in [-0.4, -0.2) is 60.0 Å². The lowest BCUT2D eigenvalue weighted by Crippen LogP contribution is -2.40. The van der Waals surface area contributed by atoms with Gasteiger partial charge in [-0.05, 0) is 41.8 Å². The fourth-order valence-electron chi connectivity index (χ4n) is 3.81. The number of nitrogens with zero attached hydrogens (tertiary/aromatic N) is 4. The fraction of sp³-hybridized carbons (Fsp3) is 0.318. The first-order chi connectivity index (χ1) is 15.3. The first kappa shape index (κ1) is 22.0. The predicted octanol–water partition coefficient (Wildman–Crippen LogP) is 2.14. The van der Waals surface area contributed by atoms with Crippen LogP contribution in [0.1, 0.15) is 35.9 Å². The first-order valence-electron chi connectivity index (χ1n) is 10.3. The van der Waals surface area contributed by atoms with E-state index in [1.807, 2.05) is 38.1 Å². The van der Waals surface area contributed by atoms with Crippen LogP contribution in [0.25, 0.3) is 17.1 Å². The standard InChI is InChI=1S/C22H25N5O4S/c1-13(2)16-11-17(19(29)12-18(16)28)21-24-25-22(20(23)30)27(21)15-5-3-14(4-6-15)26-7-9-32(31)10-8-26/h3-6,11-13,28-29H,7-10H2,1-2H3,(H2,23,30). The zero-order valence-corrected chi connectivity index (χ0v) is 18.7. The van der Waals surface area contributed by atoms with Crippen molar-refractivity contribution in [2.75, 3.05) is 29.5 Å². The molecule has 0 saturated carbocycles. The van der Waals surface area contributed by atoms with Crippen LogP contribution in [0.5, 0.6) is 11.5 Å². The normalized spacial score (nSPS) is 14.8. The van der Waals surface area contributed by atoms with Crippen LogP contribution in [0.4, 0.5) is 5.69 Å². The van der Waals surface area contributed by atoms with Crippen molar-refractivity contribution < 1.29 is 19.6 Å². The second-order valence-corrected chi connectivity index (χ2v) is 9.68. The van der Waals surface area contributed by atoms with Crippen molar-refractivity contribution in [2.45, 2.75) is 19.8 Å². The highest BCUT2D eigenvalue weighted by atomic mass is 32.2. The lowest BCUT2D eigenvalue weighted by atomic mass is 9.98. The topological polar surface area (TPSA) is 141 Å². The molecule has 2 heterocycles. The minimum atomic E-state index is -0.761. The van der Waals surface area contributed by atoms with Crippen molar-refractivity contribution in [3.8, 4) is 28.6 Å². The van der Waals surface area contributed by atoms with Gasteiger partial charge in [0.25, 0.3) is 5.91 Å². The summed E-state index contributed by atoms with van der Waals surface area (Å²) in [6.45, 7) is 5.28. The van der Waals surface area contributed by atoms with Crippen LogP contribution < -0.4 is 10.6 Å². The maximum Gasteiger partial charge on any atom is 0.287 e. The Morgan fingerprint density at radius 3 is 2.28 bits per heavy atom. The molecule has 1 fully saturated rings. The van der Waals surface area contributed by atoms with E-state index in [9.17, 15) is 19.6 Å². The van der Waals surface area contributed by atoms with E-state index in [2.05, 4.69) is 15.1 Å². The van der Waals surface area contributed by atoms with E-state index in [1.165, 1.54) is 10.6 Å². The van der Waals surface area contributed by atoms with Gasteiger partial charge in [0, 0.05) is 17.4 Å². The van der Waals surface area contributed by atoms with Crippen LogP contribution in [0, 0.1) is 0 Å². The molecule has 1 aromatic heterocycles. The number of aromatic nitrogens is 3. The van der Waals surface area contributed by atoms with Gasteiger partial charge >= 0.3 is 0 Å². The van der Waals surface area contributed by atoms with Crippen LogP contribution in [0.2, 0.25) is 0 Å². The zero-order valence-electron chi connectivity index (χ0n) is 17.9. The highest BCUT2D eigenvalue weighted by Crippen LogP contribution is 2.38. The molecule has 4 N–H and O–H groups in total. The Balaban J connectivity index is 1.78. The summed E-state index contributed by atoms with van der Waals surface area (Å²) in [6, 6.07) is 10.4. The quantitative estimate of drug-likeness (QED) is 0.501. The molecule has 3 aromatic rings. The van der Waals surface area contributed by atoms with E-state index in [1.54, 1.807) is 6.07 Å². The number of nitrogens with two attached hydrogens (primary N) is 1. The van der Waals surface area contributed by atoms with Gasteiger partial charge in [-0.3, -0.25) is 9.36 Å². The highest BCUT2D eigenvalue weighted by Gasteiger charge is 2.24. The van der Waals surface area contributed by atoms with Gasteiger partial charge in [0.15, 0.2) is 5.82 Å². The molecule has 168 valence electrons. The molecular weight excluding hydrogens is 430 g/mol. The maximum absolute atomic E-state index is 12.1. The molecule has 10 heteroatoms. The minimum absolute atomic E-state index is 0.000473. The molecule has 0 spiro atoms. The largest absolute Gasteiger partial charge is 0.616 e. The summed E-state index contributed by atoms with van der Waals surface area (Å²) in [5, 5.41) is 28.8. The Kier molecular flexibility index (Phi) is 5.98. The molecule has 0 unspecified atom stereocenters. The van der Waals surface area contributed by atoms with Crippen molar-refractivity contribution in [3.63, 3.8) is 0 Å². The number of carbonyl (C=O) groups excluding carboxylic acids is 1. The summed E-state index contributed by atoms with van der Waals surface area (Å²) in [6.07, 6.45) is 0. The zero-order chi connectivity index (χ0) is 23.0. The number of phenolic OH excluding ortho intramolecular Hbond substituents is 2. The van der Waals surface area contributed by atoms with Crippen molar-refractivity contribution in [1.82, 2.24) is 14.8 Å². The number of carbonyl (C=O) groups is 1. The Labute approximate surface area is 188 Å². The number of rotatable bonds is 5. The molecule has 32 heavy (non-hydrogen) atoms. The van der Waals surface area contributed by atoms with E-state index < -0.39 is 17.1 Å². The van der Waals surface area contributed by atoms with E-state index >= 15 is 0 Å². The van der Waals surface area contributed by atoms with Crippen molar-refractivity contribution in [3.05, 3.63) is 47.8 Å². The van der Waals surface area contributed by atoms with Crippen LogP contribution in [0.15, 0.2) is 36.4 Å². The van der Waals surface area contributed by atoms with Crippen LogP contribution in [0.3, 0.4) is 0 Å². The van der Waals surface area contributed by atoms with Crippen LogP contribution >= 0.6 is 0 Å². The van der Waals surface area contributed by atoms with Crippen LogP contribution in [-0.2, 0) is 11.2 Å². The summed E-state index contributed by atoms with van der Waals surface area (Å²) in [5.74, 6) is 0.485. The van der Waals surface area contributed by atoms with Gasteiger partial charge in [-0.25, -0.2) is 0 Å². The SMILES string of the molecule is CC(C)c1cc(-c2nnc(C(N)=O)n2-c2ccc(N3CC[S+]([O-])CC3)cc2)c(O)cc1O. The fourth-order valence-corrected chi connectivity index (χ4v) is 4.86. The molecule has 0 radical (unpaired) electrons. The molecule has 0 aliphatic carbocycles. The van der Waals surface area contributed by atoms with Crippen molar-refractivity contribution in [1.29, 1.82) is 0 Å². The average Bonchev–Trinajstić information content (AvgIpc) is 3.19. The van der Waals surface area contributed by atoms with E-state index in [4.69, 9.17) is 5.73 Å². The maximum atomic E-state index is 12.1. The van der Waals surface area contributed by atoms with Crippen molar-refractivity contribution in [2.24, 2.45) is 5.73 Å². The summed E-state index contributed by atoms with van der Waals surface area (Å²) in [5.41, 5.74) is 8.08. The van der Waals surface area contributed by atoms with E-state index in [0.29, 0.717) is 28.3 Å². The third kappa shape index (κ3) is 4.11. The number of hydrogen-bond donors (Lipinski definition) is 3. The van der Waals surface area contributed by atoms with Gasteiger partial charge in [0.1, 0.15) is 23.0 Å². The monoisotopic (exact) mass is 455 g/mol. The number of primary amides is 1. The Hall–Kier alpha value is -3.24. The van der Waals surface area contributed by atoms with E-state index in [0.717, 1.165) is 18.8 Å². The molecule has 9 nitrogen and oxygen atoms in total. The first-order valence-corrected chi connectivity index (χ1v) is 11.8. The average molecular weight is 456 g/mol. The van der Waals surface area contributed by atoms with Crippen molar-refractivity contribution >= 4 is 22.8 Å². The summed E-state index contributed by atoms with van der Waals surface area (Å²) >= 11 is -0.761. The lowest BCUT2D eigenvalue weighted by molar-refractivity contribution is 0.0988. The summed E-state index contributed by atoms with van der Waals surface area (Å²) < 4.78 is 13.1. The third-order valence-corrected chi connectivity index (χ3v) is 6.82. The number of hydrogen-bond acceptors (Lipinski definition) is 7. The Morgan fingerprint density at radius 1 is 1.06 bits per heavy atom. The van der Waals surface area contributed by atoms with Gasteiger partial charge in [0.05, 0.1) is 18.7 Å². The second-order valence-electron chi connectivity index (χ2n) is 7.98. The minimum Gasteiger partial charge on any atom is -0.616 e. The van der Waals surface area contributed by atoms with Gasteiger partial charge < -0.3 is 25.4 Å². The van der Waals surface area contributed by atoms with E-state index in [-0.39, 0.29) is 29.1 Å². The molecule has 2 aromatic carbocycles. The molecule has 4 rings (SSSR count). The number of benzene rings is 2. The molecule has 1 aliphatic rings. The van der Waals surface area contributed by atoms with Gasteiger partial charge in [-0.1, -0.05) is 25.0 Å². The van der Waals surface area contributed by atoms with Gasteiger partial charge in [-0.2, -0.15) is 0 Å². The summed E-state index contributed by atoms with van der Waals surface area (Å²) in [4.78, 5) is 14.2. The third-order valence-electron chi connectivity index (χ3n) is 5.54. The highest BCUT2D eigenvalue weighted by molar-refractivity contribution is 7.91. The smallest absolute Gasteiger partial charge is 0.287 e. The summed E-state index contributed by atoms with van der Waals surface area (Å²) in [7, 11) is 0. The van der Waals surface area contributed by atoms with Gasteiger partial charge in [-0.15, -0.1) is 10.2 Å². The molecule has 1 saturated heterocycles. The number of phenols is 2. The molecule has 1 amide bonds.